The Morgan fingerprint density at radius 1 is 0.935 bits per heavy atom. The summed E-state index contributed by atoms with van der Waals surface area (Å²) >= 11 is 2.18. The van der Waals surface area contributed by atoms with E-state index < -0.39 is 18.1 Å². The van der Waals surface area contributed by atoms with Crippen molar-refractivity contribution in [3.63, 3.8) is 0 Å². The van der Waals surface area contributed by atoms with E-state index in [-0.39, 0.29) is 25.4 Å². The van der Waals surface area contributed by atoms with Gasteiger partial charge in [-0.25, -0.2) is 9.59 Å². The summed E-state index contributed by atoms with van der Waals surface area (Å²) in [6, 6.07) is 16.0. The molecular weight excluding hydrogens is 511 g/mol. The van der Waals surface area contributed by atoms with Crippen LogP contribution < -0.4 is 10.6 Å². The number of ether oxygens (including phenoxy) is 1. The van der Waals surface area contributed by atoms with E-state index >= 15 is 0 Å². The van der Waals surface area contributed by atoms with Crippen molar-refractivity contribution in [2.24, 2.45) is 0 Å². The molecule has 0 unspecified atom stereocenters. The van der Waals surface area contributed by atoms with Gasteiger partial charge in [-0.1, -0.05) is 48.9 Å². The first kappa shape index (κ1) is 24.6. The van der Waals surface area contributed by atoms with Crippen LogP contribution in [0.4, 0.5) is 4.79 Å². The molecule has 0 saturated carbocycles. The average Bonchev–Trinajstić information content (AvgIpc) is 2.76. The highest BCUT2D eigenvalue weighted by Crippen LogP contribution is 2.09. The lowest BCUT2D eigenvalue weighted by Gasteiger charge is -2.15. The van der Waals surface area contributed by atoms with Gasteiger partial charge in [0.25, 0.3) is 0 Å². The molecule has 2 rings (SSSR count). The van der Waals surface area contributed by atoms with Crippen molar-refractivity contribution in [3.8, 4) is 0 Å². The van der Waals surface area contributed by atoms with E-state index in [4.69, 9.17) is 4.74 Å². The SMILES string of the molecule is O=C(CCCCCNC(=O)OCc1ccccc1)N[C@@H](Cc1ccc(I)cc1)C(=O)O. The molecule has 0 bridgehead atoms. The first-order valence-corrected chi connectivity index (χ1v) is 11.2. The van der Waals surface area contributed by atoms with Crippen LogP contribution in [0.15, 0.2) is 54.6 Å². The highest BCUT2D eigenvalue weighted by atomic mass is 127. The quantitative estimate of drug-likeness (QED) is 0.281. The topological polar surface area (TPSA) is 105 Å². The maximum Gasteiger partial charge on any atom is 0.407 e. The molecule has 2 amide bonds. The second-order valence-electron chi connectivity index (χ2n) is 7.09. The van der Waals surface area contributed by atoms with E-state index in [2.05, 4.69) is 33.2 Å². The van der Waals surface area contributed by atoms with Gasteiger partial charge in [-0.2, -0.15) is 0 Å². The van der Waals surface area contributed by atoms with Crippen LogP contribution in [0.5, 0.6) is 0 Å². The number of carbonyl (C=O) groups excluding carboxylic acids is 2. The lowest BCUT2D eigenvalue weighted by Crippen LogP contribution is -2.42. The molecular formula is C23H27IN2O5. The van der Waals surface area contributed by atoms with Crippen LogP contribution in [-0.4, -0.2) is 35.7 Å². The van der Waals surface area contributed by atoms with Crippen molar-refractivity contribution >= 4 is 40.6 Å². The molecule has 0 radical (unpaired) electrons. The fourth-order valence-corrected chi connectivity index (χ4v) is 3.23. The van der Waals surface area contributed by atoms with E-state index in [9.17, 15) is 19.5 Å². The van der Waals surface area contributed by atoms with E-state index in [1.807, 2.05) is 54.6 Å². The first-order valence-electron chi connectivity index (χ1n) is 10.1. The van der Waals surface area contributed by atoms with Crippen molar-refractivity contribution < 1.29 is 24.2 Å². The number of aliphatic carboxylic acids is 1. The van der Waals surface area contributed by atoms with Crippen LogP contribution >= 0.6 is 22.6 Å². The second-order valence-corrected chi connectivity index (χ2v) is 8.33. The molecule has 8 heteroatoms. The van der Waals surface area contributed by atoms with E-state index in [1.165, 1.54) is 0 Å². The lowest BCUT2D eigenvalue weighted by molar-refractivity contribution is -0.141. The van der Waals surface area contributed by atoms with Gasteiger partial charge in [0.1, 0.15) is 12.6 Å². The Morgan fingerprint density at radius 2 is 1.65 bits per heavy atom. The molecule has 31 heavy (non-hydrogen) atoms. The van der Waals surface area contributed by atoms with E-state index in [1.54, 1.807) is 0 Å². The Kier molecular flexibility index (Phi) is 10.8. The maximum atomic E-state index is 12.1. The predicted molar refractivity (Wildman–Crippen MR) is 126 cm³/mol. The van der Waals surface area contributed by atoms with Gasteiger partial charge in [0.2, 0.25) is 5.91 Å². The van der Waals surface area contributed by atoms with Gasteiger partial charge in [-0.15, -0.1) is 0 Å². The van der Waals surface area contributed by atoms with Crippen LogP contribution in [0.25, 0.3) is 0 Å². The fraction of sp³-hybridized carbons (Fsp3) is 0.348. The predicted octanol–water partition coefficient (Wildman–Crippen LogP) is 3.89. The zero-order valence-electron chi connectivity index (χ0n) is 17.2. The molecule has 7 nitrogen and oxygen atoms in total. The van der Waals surface area contributed by atoms with Gasteiger partial charge in [-0.3, -0.25) is 4.79 Å². The Hall–Kier alpha value is -2.62. The molecule has 0 aliphatic heterocycles. The first-order chi connectivity index (χ1) is 14.9. The Labute approximate surface area is 195 Å². The van der Waals surface area contributed by atoms with Crippen LogP contribution in [0, 0.1) is 3.57 Å². The van der Waals surface area contributed by atoms with Gasteiger partial charge in [0.15, 0.2) is 0 Å². The number of halogens is 1. The van der Waals surface area contributed by atoms with Crippen molar-refractivity contribution in [2.45, 2.75) is 44.8 Å². The highest BCUT2D eigenvalue weighted by molar-refractivity contribution is 14.1. The highest BCUT2D eigenvalue weighted by Gasteiger charge is 2.20. The number of carboxylic acid groups (broad SMARTS) is 1. The number of carbonyl (C=O) groups is 3. The molecule has 2 aromatic carbocycles. The largest absolute Gasteiger partial charge is 0.480 e. The summed E-state index contributed by atoms with van der Waals surface area (Å²) in [6.07, 6.45) is 2.08. The molecule has 1 atom stereocenters. The summed E-state index contributed by atoms with van der Waals surface area (Å²) < 4.78 is 6.19. The fourth-order valence-electron chi connectivity index (χ4n) is 2.87. The maximum absolute atomic E-state index is 12.1. The number of rotatable bonds is 12. The van der Waals surface area contributed by atoms with Crippen LogP contribution in [0.2, 0.25) is 0 Å². The van der Waals surface area contributed by atoms with Gasteiger partial charge >= 0.3 is 12.1 Å². The van der Waals surface area contributed by atoms with Gasteiger partial charge in [-0.05, 0) is 58.7 Å². The number of carboxylic acids is 1. The zero-order valence-corrected chi connectivity index (χ0v) is 19.3. The van der Waals surface area contributed by atoms with Gasteiger partial charge < -0.3 is 20.5 Å². The Balaban J connectivity index is 1.57. The summed E-state index contributed by atoms with van der Waals surface area (Å²) in [5.41, 5.74) is 1.78. The number of nitrogens with one attached hydrogen (secondary N) is 2. The summed E-state index contributed by atoms with van der Waals surface area (Å²) in [5.74, 6) is -1.33. The van der Waals surface area contributed by atoms with Crippen LogP contribution in [0.1, 0.15) is 36.8 Å². The van der Waals surface area contributed by atoms with Gasteiger partial charge in [0.05, 0.1) is 0 Å². The van der Waals surface area contributed by atoms with E-state index in [0.29, 0.717) is 19.4 Å². The van der Waals surface area contributed by atoms with Crippen molar-refractivity contribution in [1.82, 2.24) is 10.6 Å². The monoisotopic (exact) mass is 538 g/mol. The molecule has 0 saturated heterocycles. The van der Waals surface area contributed by atoms with Crippen molar-refractivity contribution in [1.29, 1.82) is 0 Å². The van der Waals surface area contributed by atoms with Crippen molar-refractivity contribution in [3.05, 3.63) is 69.3 Å². The molecule has 0 aromatic heterocycles. The number of alkyl carbamates (subject to hydrolysis) is 1. The Morgan fingerprint density at radius 3 is 2.32 bits per heavy atom. The number of amides is 2. The number of hydrogen-bond acceptors (Lipinski definition) is 4. The van der Waals surface area contributed by atoms with Crippen LogP contribution in [-0.2, 0) is 27.4 Å². The second kappa shape index (κ2) is 13.6. The molecule has 0 fully saturated rings. The minimum Gasteiger partial charge on any atom is -0.480 e. The third-order valence-corrected chi connectivity index (χ3v) is 5.27. The molecule has 3 N–H and O–H groups in total. The normalized spacial score (nSPS) is 11.4. The number of hydrogen-bond donors (Lipinski definition) is 3. The summed E-state index contributed by atoms with van der Waals surface area (Å²) in [5, 5.41) is 14.7. The smallest absolute Gasteiger partial charge is 0.407 e. The number of benzene rings is 2. The molecule has 0 aliphatic carbocycles. The van der Waals surface area contributed by atoms with E-state index in [0.717, 1.165) is 21.1 Å². The summed E-state index contributed by atoms with van der Waals surface area (Å²) in [7, 11) is 0. The summed E-state index contributed by atoms with van der Waals surface area (Å²) in [6.45, 7) is 0.680. The third-order valence-electron chi connectivity index (χ3n) is 4.55. The van der Waals surface area contributed by atoms with Gasteiger partial charge in [0, 0.05) is 23.0 Å². The molecule has 0 spiro atoms. The molecule has 166 valence electrons. The Bertz CT molecular complexity index is 843. The number of unbranched alkanes of at least 4 members (excludes halogenated alkanes) is 2. The van der Waals surface area contributed by atoms with Crippen LogP contribution in [0.3, 0.4) is 0 Å². The van der Waals surface area contributed by atoms with Crippen molar-refractivity contribution in [2.75, 3.05) is 6.54 Å². The standard InChI is InChI=1S/C23H27IN2O5/c24-19-12-10-17(11-13-19)15-20(22(28)29)26-21(27)9-5-2-6-14-25-23(30)31-16-18-7-3-1-4-8-18/h1,3-4,7-8,10-13,20H,2,5-6,9,14-16H2,(H,25,30)(H,26,27)(H,28,29)/t20-/m0/s1. The minimum absolute atomic E-state index is 0.222. The summed E-state index contributed by atoms with van der Waals surface area (Å²) in [4.78, 5) is 35.2. The third kappa shape index (κ3) is 10.3. The lowest BCUT2D eigenvalue weighted by atomic mass is 10.1. The minimum atomic E-state index is -1.05. The average molecular weight is 538 g/mol. The zero-order chi connectivity index (χ0) is 22.5. The molecule has 0 aliphatic rings. The molecule has 0 heterocycles. The molecule has 2 aromatic rings.